The van der Waals surface area contributed by atoms with Gasteiger partial charge in [-0.25, -0.2) is 4.98 Å². The van der Waals surface area contributed by atoms with Gasteiger partial charge in [-0.15, -0.1) is 0 Å². The van der Waals surface area contributed by atoms with E-state index in [0.717, 1.165) is 29.2 Å². The average molecular weight is 282 g/mol. The van der Waals surface area contributed by atoms with Gasteiger partial charge in [-0.2, -0.15) is 0 Å². The zero-order chi connectivity index (χ0) is 13.9. The Hall–Kier alpha value is -2.07. The van der Waals surface area contributed by atoms with Gasteiger partial charge < -0.3 is 4.98 Å². The fraction of sp³-hybridized carbons (Fsp3) is 0.125. The van der Waals surface area contributed by atoms with Gasteiger partial charge in [0.1, 0.15) is 0 Å². The van der Waals surface area contributed by atoms with Crippen molar-refractivity contribution in [3.63, 3.8) is 0 Å². The van der Waals surface area contributed by atoms with Crippen LogP contribution in [0.5, 0.6) is 0 Å². The lowest BCUT2D eigenvalue weighted by Crippen LogP contribution is -1.87. The summed E-state index contributed by atoms with van der Waals surface area (Å²) in [7, 11) is 0. The third-order valence-corrected chi connectivity index (χ3v) is 3.69. The van der Waals surface area contributed by atoms with Gasteiger partial charge in [-0.3, -0.25) is 4.79 Å². The number of rotatable bonds is 3. The normalized spacial score (nSPS) is 10.8. The van der Waals surface area contributed by atoms with E-state index in [2.05, 4.69) is 34.2 Å². The molecule has 2 aromatic carbocycles. The number of aromatic nitrogens is 2. The van der Waals surface area contributed by atoms with Crippen molar-refractivity contribution in [2.75, 3.05) is 0 Å². The van der Waals surface area contributed by atoms with Crippen molar-refractivity contribution < 1.29 is 4.79 Å². The van der Waals surface area contributed by atoms with Gasteiger partial charge in [0.05, 0.1) is 11.0 Å². The highest BCUT2D eigenvalue weighted by Crippen LogP contribution is 2.21. The lowest BCUT2D eigenvalue weighted by molar-refractivity contribution is -0.109. The quantitative estimate of drug-likeness (QED) is 0.743. The first-order valence-electron chi connectivity index (χ1n) is 6.42. The number of nitrogens with one attached hydrogen (secondary N) is 1. The summed E-state index contributed by atoms with van der Waals surface area (Å²) in [4.78, 5) is 18.7. The van der Waals surface area contributed by atoms with Crippen LogP contribution < -0.4 is 0 Å². The molecule has 4 heteroatoms. The Balaban J connectivity index is 1.88. The molecule has 0 saturated heterocycles. The number of aromatic amines is 1. The molecule has 0 aliphatic carbocycles. The first-order chi connectivity index (χ1) is 9.70. The fourth-order valence-corrected chi connectivity index (χ4v) is 2.74. The molecule has 20 heavy (non-hydrogen) atoms. The van der Waals surface area contributed by atoms with Gasteiger partial charge in [0.2, 0.25) is 0 Å². The Labute approximate surface area is 121 Å². The predicted octanol–water partition coefficient (Wildman–Crippen LogP) is 3.79. The van der Waals surface area contributed by atoms with Crippen LogP contribution in [0.15, 0.2) is 53.7 Å². The van der Waals surface area contributed by atoms with Crippen LogP contribution in [0.3, 0.4) is 0 Å². The van der Waals surface area contributed by atoms with Crippen LogP contribution in [0.2, 0.25) is 0 Å². The minimum atomic E-state index is 0.0357. The maximum Gasteiger partial charge on any atom is 0.193 e. The maximum absolute atomic E-state index is 11.1. The van der Waals surface area contributed by atoms with Crippen LogP contribution in [0.25, 0.3) is 11.0 Å². The predicted molar refractivity (Wildman–Crippen MR) is 81.9 cm³/mol. The van der Waals surface area contributed by atoms with Gasteiger partial charge in [0.15, 0.2) is 10.3 Å². The maximum atomic E-state index is 11.1. The van der Waals surface area contributed by atoms with Gasteiger partial charge in [-0.1, -0.05) is 36.4 Å². The number of imidazole rings is 1. The number of thioether (sulfide) groups is 1. The molecule has 0 radical (unpaired) electrons. The second-order valence-corrected chi connectivity index (χ2v) is 5.82. The zero-order valence-corrected chi connectivity index (χ0v) is 11.9. The lowest BCUT2D eigenvalue weighted by atomic mass is 10.0. The van der Waals surface area contributed by atoms with Crippen LogP contribution in [0, 0.1) is 0 Å². The Bertz CT molecular complexity index is 750. The van der Waals surface area contributed by atoms with E-state index >= 15 is 0 Å². The van der Waals surface area contributed by atoms with Crippen molar-refractivity contribution in [1.29, 1.82) is 0 Å². The molecule has 3 aromatic rings. The Morgan fingerprint density at radius 3 is 2.70 bits per heavy atom. The molecule has 0 unspecified atom stereocenters. The number of hydrogen-bond donors (Lipinski definition) is 1. The van der Waals surface area contributed by atoms with Crippen molar-refractivity contribution in [2.24, 2.45) is 0 Å². The lowest BCUT2D eigenvalue weighted by Gasteiger charge is -2.01. The highest BCUT2D eigenvalue weighted by Gasteiger charge is 2.06. The SMILES string of the molecule is CC(=O)Sc1nc2ccc(Cc3ccccc3)cc2[nH]1. The van der Waals surface area contributed by atoms with Gasteiger partial charge >= 0.3 is 0 Å². The monoisotopic (exact) mass is 282 g/mol. The number of nitrogens with zero attached hydrogens (tertiary/aromatic N) is 1. The summed E-state index contributed by atoms with van der Waals surface area (Å²) >= 11 is 1.13. The summed E-state index contributed by atoms with van der Waals surface area (Å²) < 4.78 is 0. The first kappa shape index (κ1) is 12.9. The molecule has 0 saturated carbocycles. The first-order valence-corrected chi connectivity index (χ1v) is 7.23. The molecule has 0 aliphatic rings. The third-order valence-electron chi connectivity index (χ3n) is 3.02. The standard InChI is InChI=1S/C16H14N2OS/c1-11(19)20-16-17-14-8-7-13(10-15(14)18-16)9-12-5-3-2-4-6-12/h2-8,10H,9H2,1H3,(H,17,18). The van der Waals surface area contributed by atoms with E-state index in [0.29, 0.717) is 5.16 Å². The van der Waals surface area contributed by atoms with E-state index in [4.69, 9.17) is 0 Å². The van der Waals surface area contributed by atoms with Crippen molar-refractivity contribution in [3.05, 3.63) is 59.7 Å². The van der Waals surface area contributed by atoms with Crippen LogP contribution in [-0.2, 0) is 11.2 Å². The molecular formula is C16H14N2OS. The van der Waals surface area contributed by atoms with Crippen LogP contribution in [-0.4, -0.2) is 15.1 Å². The summed E-state index contributed by atoms with van der Waals surface area (Å²) in [6.45, 7) is 1.54. The van der Waals surface area contributed by atoms with E-state index in [1.54, 1.807) is 6.92 Å². The summed E-state index contributed by atoms with van der Waals surface area (Å²) in [6.07, 6.45) is 0.894. The largest absolute Gasteiger partial charge is 0.333 e. The highest BCUT2D eigenvalue weighted by atomic mass is 32.2. The number of fused-ring (bicyclic) bond motifs is 1. The summed E-state index contributed by atoms with van der Waals surface area (Å²) in [5, 5.41) is 0.693. The number of hydrogen-bond acceptors (Lipinski definition) is 3. The second kappa shape index (κ2) is 5.51. The number of H-pyrrole nitrogens is 1. The topological polar surface area (TPSA) is 45.8 Å². The number of benzene rings is 2. The molecule has 0 atom stereocenters. The van der Waals surface area contributed by atoms with Crippen molar-refractivity contribution in [1.82, 2.24) is 9.97 Å². The molecule has 1 N–H and O–H groups in total. The van der Waals surface area contributed by atoms with Crippen molar-refractivity contribution in [3.8, 4) is 0 Å². The zero-order valence-electron chi connectivity index (χ0n) is 11.1. The molecular weight excluding hydrogens is 268 g/mol. The number of carbonyl (C=O) groups is 1. The minimum Gasteiger partial charge on any atom is -0.333 e. The molecule has 3 nitrogen and oxygen atoms in total. The molecule has 1 heterocycles. The average Bonchev–Trinajstić information content (AvgIpc) is 2.80. The summed E-state index contributed by atoms with van der Waals surface area (Å²) in [5.41, 5.74) is 4.38. The Kier molecular flexibility index (Phi) is 3.56. The molecule has 1 aromatic heterocycles. The molecule has 3 rings (SSSR count). The third kappa shape index (κ3) is 2.91. The molecule has 0 fully saturated rings. The second-order valence-electron chi connectivity index (χ2n) is 4.65. The molecule has 0 amide bonds. The Morgan fingerprint density at radius 1 is 1.15 bits per heavy atom. The van der Waals surface area contributed by atoms with E-state index in [1.165, 1.54) is 11.1 Å². The van der Waals surface area contributed by atoms with Crippen molar-refractivity contribution >= 4 is 27.9 Å². The van der Waals surface area contributed by atoms with Crippen LogP contribution >= 0.6 is 11.8 Å². The highest BCUT2D eigenvalue weighted by molar-refractivity contribution is 8.13. The van der Waals surface area contributed by atoms with Gasteiger partial charge in [0, 0.05) is 6.92 Å². The Morgan fingerprint density at radius 2 is 1.95 bits per heavy atom. The van der Waals surface area contributed by atoms with E-state index < -0.39 is 0 Å². The van der Waals surface area contributed by atoms with Gasteiger partial charge in [-0.05, 0) is 41.4 Å². The fourth-order valence-electron chi connectivity index (χ4n) is 2.16. The van der Waals surface area contributed by atoms with Gasteiger partial charge in [0.25, 0.3) is 0 Å². The molecule has 0 aliphatic heterocycles. The molecule has 100 valence electrons. The van der Waals surface area contributed by atoms with Crippen LogP contribution in [0.1, 0.15) is 18.1 Å². The molecule has 0 bridgehead atoms. The van der Waals surface area contributed by atoms with E-state index in [9.17, 15) is 4.79 Å². The molecule has 0 spiro atoms. The van der Waals surface area contributed by atoms with Crippen molar-refractivity contribution in [2.45, 2.75) is 18.5 Å². The van der Waals surface area contributed by atoms with E-state index in [-0.39, 0.29) is 5.12 Å². The smallest absolute Gasteiger partial charge is 0.193 e. The van der Waals surface area contributed by atoms with E-state index in [1.807, 2.05) is 24.3 Å². The minimum absolute atomic E-state index is 0.0357. The number of carbonyl (C=O) groups excluding carboxylic acids is 1. The summed E-state index contributed by atoms with van der Waals surface area (Å²) in [5.74, 6) is 0. The van der Waals surface area contributed by atoms with Crippen LogP contribution in [0.4, 0.5) is 0 Å². The summed E-state index contributed by atoms with van der Waals surface area (Å²) in [6, 6.07) is 16.5.